The van der Waals surface area contributed by atoms with Crippen LogP contribution in [0.1, 0.15) is 6.92 Å². The number of rotatable bonds is 5. The zero-order chi connectivity index (χ0) is 19.5. The molecule has 28 heavy (non-hydrogen) atoms. The average molecular weight is 383 g/mol. The summed E-state index contributed by atoms with van der Waals surface area (Å²) < 4.78 is 15.9. The number of nitrogens with one attached hydrogen (secondary N) is 1. The van der Waals surface area contributed by atoms with Crippen LogP contribution in [-0.4, -0.2) is 56.9 Å². The number of piperazine rings is 1. The van der Waals surface area contributed by atoms with Crippen molar-refractivity contribution in [3.05, 3.63) is 42.5 Å². The molecule has 1 fully saturated rings. The zero-order valence-corrected chi connectivity index (χ0v) is 16.2. The van der Waals surface area contributed by atoms with Gasteiger partial charge in [-0.15, -0.1) is 0 Å². The highest BCUT2D eigenvalue weighted by Gasteiger charge is 2.26. The smallest absolute Gasteiger partial charge is 0.241 e. The van der Waals surface area contributed by atoms with E-state index in [0.29, 0.717) is 11.5 Å². The molecule has 0 radical (unpaired) electrons. The Hall–Kier alpha value is -2.93. The summed E-state index contributed by atoms with van der Waals surface area (Å²) in [4.78, 5) is 17.2. The summed E-state index contributed by atoms with van der Waals surface area (Å²) in [6, 6.07) is 13.3. The molecule has 2 aliphatic rings. The van der Waals surface area contributed by atoms with Crippen molar-refractivity contribution in [2.45, 2.75) is 13.0 Å². The standard InChI is InChI=1S/C21H25N3O4/c1-15(21(25)22-16-3-8-19-20(13-16)28-14-27-19)23-9-11-24(12-10-23)17-4-6-18(26-2)7-5-17/h3-8,13,15H,9-12,14H2,1-2H3,(H,22,25)/t15-/m1/s1. The summed E-state index contributed by atoms with van der Waals surface area (Å²) >= 11 is 0. The third-order valence-corrected chi connectivity index (χ3v) is 5.32. The molecule has 7 heteroatoms. The number of hydrogen-bond donors (Lipinski definition) is 1. The minimum Gasteiger partial charge on any atom is -0.497 e. The second-order valence-corrected chi connectivity index (χ2v) is 6.95. The van der Waals surface area contributed by atoms with Gasteiger partial charge in [0.15, 0.2) is 11.5 Å². The second kappa shape index (κ2) is 7.98. The van der Waals surface area contributed by atoms with E-state index in [1.807, 2.05) is 31.2 Å². The maximum atomic E-state index is 12.7. The molecule has 0 saturated carbocycles. The van der Waals surface area contributed by atoms with Gasteiger partial charge in [0.05, 0.1) is 13.2 Å². The molecule has 2 aliphatic heterocycles. The van der Waals surface area contributed by atoms with Gasteiger partial charge < -0.3 is 24.4 Å². The predicted octanol–water partition coefficient (Wildman–Crippen LogP) is 2.57. The highest BCUT2D eigenvalue weighted by molar-refractivity contribution is 5.94. The van der Waals surface area contributed by atoms with Crippen molar-refractivity contribution in [1.29, 1.82) is 0 Å². The van der Waals surface area contributed by atoms with Crippen LogP contribution in [0.3, 0.4) is 0 Å². The van der Waals surface area contributed by atoms with E-state index < -0.39 is 0 Å². The molecule has 0 bridgehead atoms. The quantitative estimate of drug-likeness (QED) is 0.856. The lowest BCUT2D eigenvalue weighted by molar-refractivity contribution is -0.120. The van der Waals surface area contributed by atoms with Crippen LogP contribution < -0.4 is 24.4 Å². The number of amides is 1. The molecule has 1 amide bonds. The summed E-state index contributed by atoms with van der Waals surface area (Å²) in [5, 5.41) is 2.98. The van der Waals surface area contributed by atoms with Gasteiger partial charge in [0.25, 0.3) is 0 Å². The number of benzene rings is 2. The molecule has 1 N–H and O–H groups in total. The van der Waals surface area contributed by atoms with Crippen LogP contribution in [0, 0.1) is 0 Å². The fraction of sp³-hybridized carbons (Fsp3) is 0.381. The van der Waals surface area contributed by atoms with Gasteiger partial charge in [-0.3, -0.25) is 9.69 Å². The third-order valence-electron chi connectivity index (χ3n) is 5.32. The fourth-order valence-electron chi connectivity index (χ4n) is 3.55. The molecule has 7 nitrogen and oxygen atoms in total. The Kier molecular flexibility index (Phi) is 5.25. The Morgan fingerprint density at radius 2 is 1.75 bits per heavy atom. The van der Waals surface area contributed by atoms with Gasteiger partial charge in [0, 0.05) is 43.6 Å². The van der Waals surface area contributed by atoms with Crippen molar-refractivity contribution < 1.29 is 19.0 Å². The summed E-state index contributed by atoms with van der Waals surface area (Å²) in [7, 11) is 1.67. The van der Waals surface area contributed by atoms with Gasteiger partial charge in [-0.25, -0.2) is 0 Å². The van der Waals surface area contributed by atoms with E-state index in [0.717, 1.165) is 37.6 Å². The maximum Gasteiger partial charge on any atom is 0.241 e. The first kappa shape index (κ1) is 18.4. The second-order valence-electron chi connectivity index (χ2n) is 6.95. The summed E-state index contributed by atoms with van der Waals surface area (Å²) in [5.41, 5.74) is 1.90. The topological polar surface area (TPSA) is 63.3 Å². The molecule has 2 aromatic carbocycles. The number of anilines is 2. The molecule has 0 aromatic heterocycles. The van der Waals surface area contributed by atoms with Crippen molar-refractivity contribution >= 4 is 17.3 Å². The van der Waals surface area contributed by atoms with Gasteiger partial charge in [0.2, 0.25) is 12.7 Å². The molecule has 2 heterocycles. The van der Waals surface area contributed by atoms with Gasteiger partial charge in [-0.1, -0.05) is 0 Å². The van der Waals surface area contributed by atoms with Crippen LogP contribution in [0.25, 0.3) is 0 Å². The fourth-order valence-corrected chi connectivity index (χ4v) is 3.55. The van der Waals surface area contributed by atoms with Gasteiger partial charge in [-0.2, -0.15) is 0 Å². The Morgan fingerprint density at radius 3 is 2.46 bits per heavy atom. The van der Waals surface area contributed by atoms with E-state index in [1.165, 1.54) is 5.69 Å². The minimum absolute atomic E-state index is 0.0169. The van der Waals surface area contributed by atoms with Crippen molar-refractivity contribution in [1.82, 2.24) is 4.90 Å². The summed E-state index contributed by atoms with van der Waals surface area (Å²) in [5.74, 6) is 2.22. The number of nitrogens with zero attached hydrogens (tertiary/aromatic N) is 2. The predicted molar refractivity (Wildman–Crippen MR) is 107 cm³/mol. The Bertz CT molecular complexity index is 832. The van der Waals surface area contributed by atoms with Crippen LogP contribution in [-0.2, 0) is 4.79 Å². The highest BCUT2D eigenvalue weighted by atomic mass is 16.7. The monoisotopic (exact) mass is 383 g/mol. The lowest BCUT2D eigenvalue weighted by Crippen LogP contribution is -2.52. The van der Waals surface area contributed by atoms with E-state index in [1.54, 1.807) is 13.2 Å². The number of hydrogen-bond acceptors (Lipinski definition) is 6. The van der Waals surface area contributed by atoms with Crippen LogP contribution in [0.2, 0.25) is 0 Å². The number of fused-ring (bicyclic) bond motifs is 1. The Labute approximate surface area is 164 Å². The largest absolute Gasteiger partial charge is 0.497 e. The molecule has 1 saturated heterocycles. The van der Waals surface area contributed by atoms with Gasteiger partial charge in [-0.05, 0) is 43.3 Å². The van der Waals surface area contributed by atoms with Crippen molar-refractivity contribution in [3.8, 4) is 17.2 Å². The number of ether oxygens (including phenoxy) is 3. The van der Waals surface area contributed by atoms with E-state index in [4.69, 9.17) is 14.2 Å². The molecule has 0 aliphatic carbocycles. The SMILES string of the molecule is COc1ccc(N2CCN([C@H](C)C(=O)Nc3ccc4c(c3)OCO4)CC2)cc1. The summed E-state index contributed by atoms with van der Waals surface area (Å²) in [6.07, 6.45) is 0. The van der Waals surface area contributed by atoms with Crippen molar-refractivity contribution in [2.75, 3.05) is 50.3 Å². The number of carbonyl (C=O) groups excluding carboxylic acids is 1. The molecule has 2 aromatic rings. The van der Waals surface area contributed by atoms with Crippen LogP contribution >= 0.6 is 0 Å². The molecular formula is C21H25N3O4. The number of carbonyl (C=O) groups is 1. The molecule has 4 rings (SSSR count). The van der Waals surface area contributed by atoms with Crippen LogP contribution in [0.15, 0.2) is 42.5 Å². The minimum atomic E-state index is -0.205. The van der Waals surface area contributed by atoms with E-state index in [-0.39, 0.29) is 18.7 Å². The first-order chi connectivity index (χ1) is 13.6. The lowest BCUT2D eigenvalue weighted by atomic mass is 10.2. The van der Waals surface area contributed by atoms with E-state index in [9.17, 15) is 4.79 Å². The van der Waals surface area contributed by atoms with Gasteiger partial charge >= 0.3 is 0 Å². The zero-order valence-electron chi connectivity index (χ0n) is 16.2. The molecule has 0 spiro atoms. The van der Waals surface area contributed by atoms with Crippen LogP contribution in [0.4, 0.5) is 11.4 Å². The first-order valence-corrected chi connectivity index (χ1v) is 9.47. The molecule has 148 valence electrons. The van der Waals surface area contributed by atoms with E-state index in [2.05, 4.69) is 27.2 Å². The van der Waals surface area contributed by atoms with Gasteiger partial charge in [0.1, 0.15) is 5.75 Å². The Balaban J connectivity index is 1.31. The third kappa shape index (κ3) is 3.84. The highest BCUT2D eigenvalue weighted by Crippen LogP contribution is 2.34. The molecule has 0 unspecified atom stereocenters. The Morgan fingerprint density at radius 1 is 1.04 bits per heavy atom. The maximum absolute atomic E-state index is 12.7. The number of methoxy groups -OCH3 is 1. The lowest BCUT2D eigenvalue weighted by Gasteiger charge is -2.38. The summed E-state index contributed by atoms with van der Waals surface area (Å²) in [6.45, 7) is 5.61. The van der Waals surface area contributed by atoms with Crippen molar-refractivity contribution in [2.24, 2.45) is 0 Å². The average Bonchev–Trinajstić information content (AvgIpc) is 3.21. The van der Waals surface area contributed by atoms with E-state index >= 15 is 0 Å². The van der Waals surface area contributed by atoms with Crippen LogP contribution in [0.5, 0.6) is 17.2 Å². The molecular weight excluding hydrogens is 358 g/mol. The van der Waals surface area contributed by atoms with Crippen molar-refractivity contribution in [3.63, 3.8) is 0 Å². The first-order valence-electron chi connectivity index (χ1n) is 9.47. The molecule has 1 atom stereocenters. The normalized spacial score (nSPS) is 17.3.